The number of aryl methyl sites for hydroxylation is 1. The first kappa shape index (κ1) is 19.6. The molecule has 0 aliphatic carbocycles. The van der Waals surface area contributed by atoms with Crippen molar-refractivity contribution in [2.75, 3.05) is 11.9 Å². The van der Waals surface area contributed by atoms with Gasteiger partial charge in [-0.05, 0) is 24.6 Å². The molecule has 0 bridgehead atoms. The van der Waals surface area contributed by atoms with Gasteiger partial charge in [0.05, 0.1) is 12.7 Å². The third-order valence-electron chi connectivity index (χ3n) is 4.17. The lowest BCUT2D eigenvalue weighted by atomic mass is 10.2. The van der Waals surface area contributed by atoms with Gasteiger partial charge < -0.3 is 15.1 Å². The van der Waals surface area contributed by atoms with Crippen LogP contribution in [0.2, 0.25) is 5.02 Å². The second-order valence-corrected chi connectivity index (χ2v) is 6.63. The molecule has 0 atom stereocenters. The van der Waals surface area contributed by atoms with E-state index in [0.29, 0.717) is 28.8 Å². The van der Waals surface area contributed by atoms with E-state index < -0.39 is 0 Å². The quantitative estimate of drug-likeness (QED) is 0.631. The van der Waals surface area contributed by atoms with Gasteiger partial charge in [0, 0.05) is 29.1 Å². The van der Waals surface area contributed by atoms with E-state index in [9.17, 15) is 9.59 Å². The molecule has 1 heterocycles. The van der Waals surface area contributed by atoms with Crippen molar-refractivity contribution in [2.45, 2.75) is 19.8 Å². The first-order valence-electron chi connectivity index (χ1n) is 8.84. The number of carbonyl (C=O) groups is 2. The van der Waals surface area contributed by atoms with Crippen LogP contribution in [0.4, 0.5) is 5.69 Å². The maximum atomic E-state index is 12.0. The number of aromatic nitrogens is 1. The highest BCUT2D eigenvalue weighted by atomic mass is 35.5. The van der Waals surface area contributed by atoms with Crippen molar-refractivity contribution < 1.29 is 14.0 Å². The van der Waals surface area contributed by atoms with Crippen LogP contribution in [0.3, 0.4) is 0 Å². The van der Waals surface area contributed by atoms with Crippen molar-refractivity contribution in [3.63, 3.8) is 0 Å². The summed E-state index contributed by atoms with van der Waals surface area (Å²) in [5, 5.41) is 5.90. The number of hydrogen-bond acceptors (Lipinski definition) is 4. The number of nitrogens with one attached hydrogen (secondary N) is 2. The molecule has 0 aliphatic rings. The van der Waals surface area contributed by atoms with E-state index in [0.717, 1.165) is 11.1 Å². The van der Waals surface area contributed by atoms with Crippen molar-refractivity contribution in [1.82, 2.24) is 10.3 Å². The molecular weight excluding hydrogens is 378 g/mol. The average molecular weight is 398 g/mol. The Kier molecular flexibility index (Phi) is 6.45. The first-order chi connectivity index (χ1) is 13.5. The van der Waals surface area contributed by atoms with Crippen LogP contribution in [0.25, 0.3) is 11.3 Å². The highest BCUT2D eigenvalue weighted by Crippen LogP contribution is 2.23. The van der Waals surface area contributed by atoms with Gasteiger partial charge in [-0.1, -0.05) is 48.0 Å². The third-order valence-corrected chi connectivity index (χ3v) is 4.58. The average Bonchev–Trinajstić information content (AvgIpc) is 3.18. The Labute approximate surface area is 167 Å². The van der Waals surface area contributed by atoms with Crippen LogP contribution in [0.5, 0.6) is 0 Å². The van der Waals surface area contributed by atoms with Crippen molar-refractivity contribution in [1.29, 1.82) is 0 Å². The zero-order chi connectivity index (χ0) is 19.9. The highest BCUT2D eigenvalue weighted by Gasteiger charge is 2.11. The third kappa shape index (κ3) is 5.20. The summed E-state index contributed by atoms with van der Waals surface area (Å²) in [5.41, 5.74) is 2.33. The van der Waals surface area contributed by atoms with Crippen LogP contribution in [0.15, 0.2) is 59.1 Å². The van der Waals surface area contributed by atoms with E-state index in [1.54, 1.807) is 24.4 Å². The smallest absolute Gasteiger partial charge is 0.243 e. The number of anilines is 1. The van der Waals surface area contributed by atoms with Crippen molar-refractivity contribution in [3.05, 3.63) is 71.2 Å². The van der Waals surface area contributed by atoms with Crippen molar-refractivity contribution >= 4 is 29.1 Å². The maximum absolute atomic E-state index is 12.0. The molecule has 3 aromatic rings. The normalized spacial score (nSPS) is 10.5. The first-order valence-corrected chi connectivity index (χ1v) is 9.22. The van der Waals surface area contributed by atoms with Crippen LogP contribution >= 0.6 is 11.6 Å². The molecular formula is C21H20ClN3O3. The molecule has 0 fully saturated rings. The number of oxazole rings is 1. The molecule has 2 amide bonds. The standard InChI is InChI=1S/C21H20ClN3O3/c1-14-16(22)8-5-9-17(14)25-20(27)13-23-19(26)10-11-21-24-12-18(28-21)15-6-3-2-4-7-15/h2-9,12H,10-11,13H2,1H3,(H,23,26)(H,25,27). The lowest BCUT2D eigenvalue weighted by molar-refractivity contribution is -0.124. The summed E-state index contributed by atoms with van der Waals surface area (Å²) in [5.74, 6) is 0.568. The zero-order valence-electron chi connectivity index (χ0n) is 15.4. The maximum Gasteiger partial charge on any atom is 0.243 e. The van der Waals surface area contributed by atoms with Crippen molar-refractivity contribution in [2.24, 2.45) is 0 Å². The van der Waals surface area contributed by atoms with E-state index >= 15 is 0 Å². The van der Waals surface area contributed by atoms with E-state index in [-0.39, 0.29) is 24.8 Å². The second-order valence-electron chi connectivity index (χ2n) is 6.22. The van der Waals surface area contributed by atoms with E-state index in [1.807, 2.05) is 37.3 Å². The largest absolute Gasteiger partial charge is 0.441 e. The van der Waals surface area contributed by atoms with Gasteiger partial charge in [-0.25, -0.2) is 4.98 Å². The van der Waals surface area contributed by atoms with Gasteiger partial charge >= 0.3 is 0 Å². The van der Waals surface area contributed by atoms with E-state index in [1.165, 1.54) is 0 Å². The number of amides is 2. The molecule has 0 saturated heterocycles. The molecule has 3 rings (SSSR count). The summed E-state index contributed by atoms with van der Waals surface area (Å²) in [6.45, 7) is 1.70. The molecule has 2 N–H and O–H groups in total. The highest BCUT2D eigenvalue weighted by molar-refractivity contribution is 6.31. The zero-order valence-corrected chi connectivity index (χ0v) is 16.1. The fraction of sp³-hybridized carbons (Fsp3) is 0.190. The van der Waals surface area contributed by atoms with Gasteiger partial charge in [-0.3, -0.25) is 9.59 Å². The summed E-state index contributed by atoms with van der Waals surface area (Å²) < 4.78 is 5.67. The summed E-state index contributed by atoms with van der Waals surface area (Å²) in [7, 11) is 0. The Morgan fingerprint density at radius 1 is 1.07 bits per heavy atom. The molecule has 6 nitrogen and oxygen atoms in total. The summed E-state index contributed by atoms with van der Waals surface area (Å²) >= 11 is 6.03. The number of carbonyl (C=O) groups excluding carboxylic acids is 2. The van der Waals surface area contributed by atoms with Gasteiger partial charge in [-0.15, -0.1) is 0 Å². The number of hydrogen-bond donors (Lipinski definition) is 2. The number of nitrogens with zero attached hydrogens (tertiary/aromatic N) is 1. The molecule has 1 aromatic heterocycles. The predicted octanol–water partition coefficient (Wildman–Crippen LogP) is 3.99. The Morgan fingerprint density at radius 3 is 2.64 bits per heavy atom. The van der Waals surface area contributed by atoms with Gasteiger partial charge in [0.2, 0.25) is 11.8 Å². The number of benzene rings is 2. The minimum atomic E-state index is -0.318. The SMILES string of the molecule is Cc1c(Cl)cccc1NC(=O)CNC(=O)CCc1ncc(-c2ccccc2)o1. The lowest BCUT2D eigenvalue weighted by Gasteiger charge is -2.10. The van der Waals surface area contributed by atoms with Crippen LogP contribution in [0.1, 0.15) is 17.9 Å². The van der Waals surface area contributed by atoms with Gasteiger partial charge in [-0.2, -0.15) is 0 Å². The fourth-order valence-corrected chi connectivity index (χ4v) is 2.76. The Balaban J connectivity index is 1.44. The van der Waals surface area contributed by atoms with Gasteiger partial charge in [0.25, 0.3) is 0 Å². The minimum absolute atomic E-state index is 0.119. The Bertz CT molecular complexity index is 970. The molecule has 144 valence electrons. The van der Waals surface area contributed by atoms with Crippen molar-refractivity contribution in [3.8, 4) is 11.3 Å². The van der Waals surface area contributed by atoms with Crippen LogP contribution < -0.4 is 10.6 Å². The van der Waals surface area contributed by atoms with Crippen LogP contribution in [-0.2, 0) is 16.0 Å². The minimum Gasteiger partial charge on any atom is -0.441 e. The summed E-state index contributed by atoms with van der Waals surface area (Å²) in [4.78, 5) is 28.2. The monoisotopic (exact) mass is 397 g/mol. The van der Waals surface area contributed by atoms with E-state index in [4.69, 9.17) is 16.0 Å². The second kappa shape index (κ2) is 9.19. The Morgan fingerprint density at radius 2 is 1.86 bits per heavy atom. The predicted molar refractivity (Wildman–Crippen MR) is 108 cm³/mol. The Hall–Kier alpha value is -3.12. The van der Waals surface area contributed by atoms with Gasteiger partial charge in [0.1, 0.15) is 0 Å². The van der Waals surface area contributed by atoms with Gasteiger partial charge in [0.15, 0.2) is 11.7 Å². The lowest BCUT2D eigenvalue weighted by Crippen LogP contribution is -2.33. The topological polar surface area (TPSA) is 84.2 Å². The molecule has 0 aliphatic heterocycles. The van der Waals surface area contributed by atoms with Crippen LogP contribution in [-0.4, -0.2) is 23.3 Å². The molecule has 0 unspecified atom stereocenters. The molecule has 28 heavy (non-hydrogen) atoms. The summed E-state index contributed by atoms with van der Waals surface area (Å²) in [6.07, 6.45) is 2.18. The number of rotatable bonds is 7. The number of halogens is 1. The van der Waals surface area contributed by atoms with E-state index in [2.05, 4.69) is 15.6 Å². The molecule has 0 spiro atoms. The molecule has 2 aromatic carbocycles. The fourth-order valence-electron chi connectivity index (χ4n) is 2.59. The molecule has 7 heteroatoms. The summed E-state index contributed by atoms with van der Waals surface area (Å²) in [6, 6.07) is 14.9. The van der Waals surface area contributed by atoms with Crippen LogP contribution in [0, 0.1) is 6.92 Å². The molecule has 0 radical (unpaired) electrons. The molecule has 0 saturated carbocycles.